The Labute approximate surface area is 96.2 Å². The zero-order valence-corrected chi connectivity index (χ0v) is 10.2. The Hall–Kier alpha value is -1.42. The van der Waals surface area contributed by atoms with E-state index in [1.165, 1.54) is 7.11 Å². The Morgan fingerprint density at radius 1 is 1.44 bits per heavy atom. The number of carbonyl (C=O) groups is 1. The number of nitrogens with zero attached hydrogens (tertiary/aromatic N) is 2. The lowest BCUT2D eigenvalue weighted by atomic mass is 10.0. The maximum Gasteiger partial charge on any atom is 0.325 e. The number of hydrogen-bond acceptors (Lipinski definition) is 4. The molecule has 0 fully saturated rings. The predicted octanol–water partition coefficient (Wildman–Crippen LogP) is 1.46. The lowest BCUT2D eigenvalue weighted by Crippen LogP contribution is -2.48. The van der Waals surface area contributed by atoms with Gasteiger partial charge in [0.2, 0.25) is 0 Å². The molecule has 0 aliphatic rings. The molecule has 16 heavy (non-hydrogen) atoms. The van der Waals surface area contributed by atoms with Crippen molar-refractivity contribution >= 4 is 5.97 Å². The number of aromatic nitrogens is 1. The van der Waals surface area contributed by atoms with Crippen molar-refractivity contribution in [1.82, 2.24) is 9.88 Å². The maximum absolute atomic E-state index is 11.6. The van der Waals surface area contributed by atoms with Gasteiger partial charge < -0.3 is 4.74 Å². The third-order valence-corrected chi connectivity index (χ3v) is 2.81. The van der Waals surface area contributed by atoms with Crippen LogP contribution in [0.1, 0.15) is 19.4 Å². The highest BCUT2D eigenvalue weighted by Crippen LogP contribution is 2.16. The molecule has 0 aliphatic carbocycles. The summed E-state index contributed by atoms with van der Waals surface area (Å²) in [4.78, 5) is 17.5. The molecule has 0 spiro atoms. The van der Waals surface area contributed by atoms with Crippen molar-refractivity contribution in [3.8, 4) is 0 Å². The van der Waals surface area contributed by atoms with E-state index in [9.17, 15) is 4.79 Å². The summed E-state index contributed by atoms with van der Waals surface area (Å²) in [7, 11) is 3.31. The van der Waals surface area contributed by atoms with E-state index < -0.39 is 5.54 Å². The molecule has 0 saturated carbocycles. The van der Waals surface area contributed by atoms with Gasteiger partial charge in [-0.3, -0.25) is 14.7 Å². The molecule has 0 amide bonds. The normalized spacial score (nSPS) is 11.6. The Morgan fingerprint density at radius 3 is 2.50 bits per heavy atom. The van der Waals surface area contributed by atoms with Gasteiger partial charge in [-0.05, 0) is 38.6 Å². The van der Waals surface area contributed by atoms with Gasteiger partial charge in [-0.1, -0.05) is 0 Å². The first kappa shape index (κ1) is 12.6. The summed E-state index contributed by atoms with van der Waals surface area (Å²) in [5.74, 6) is -0.232. The maximum atomic E-state index is 11.6. The number of esters is 1. The van der Waals surface area contributed by atoms with Crippen LogP contribution in [0.15, 0.2) is 24.5 Å². The third-order valence-electron chi connectivity index (χ3n) is 2.81. The number of hydrogen-bond donors (Lipinski definition) is 0. The molecule has 0 radical (unpaired) electrons. The van der Waals surface area contributed by atoms with Crippen LogP contribution in [0.2, 0.25) is 0 Å². The molecule has 0 saturated heterocycles. The summed E-state index contributed by atoms with van der Waals surface area (Å²) < 4.78 is 4.78. The average molecular weight is 222 g/mol. The molecule has 0 aromatic carbocycles. The van der Waals surface area contributed by atoms with Crippen LogP contribution in [0.25, 0.3) is 0 Å². The van der Waals surface area contributed by atoms with Crippen molar-refractivity contribution in [3.63, 3.8) is 0 Å². The quantitative estimate of drug-likeness (QED) is 0.723. The summed E-state index contributed by atoms with van der Waals surface area (Å²) in [6.07, 6.45) is 3.49. The van der Waals surface area contributed by atoms with Crippen LogP contribution in [0.5, 0.6) is 0 Å². The highest BCUT2D eigenvalue weighted by molar-refractivity contribution is 5.79. The van der Waals surface area contributed by atoms with Crippen molar-refractivity contribution in [3.05, 3.63) is 30.1 Å². The fourth-order valence-corrected chi connectivity index (χ4v) is 1.37. The molecule has 1 aromatic rings. The van der Waals surface area contributed by atoms with E-state index in [0.29, 0.717) is 6.54 Å². The minimum Gasteiger partial charge on any atom is -0.468 e. The molecule has 88 valence electrons. The van der Waals surface area contributed by atoms with Crippen LogP contribution in [0.4, 0.5) is 0 Å². The van der Waals surface area contributed by atoms with Crippen molar-refractivity contribution in [2.45, 2.75) is 25.9 Å². The minimum atomic E-state index is -0.627. The van der Waals surface area contributed by atoms with Gasteiger partial charge in [0.05, 0.1) is 7.11 Å². The second kappa shape index (κ2) is 5.07. The van der Waals surface area contributed by atoms with Crippen molar-refractivity contribution < 1.29 is 9.53 Å². The molecule has 1 heterocycles. The van der Waals surface area contributed by atoms with E-state index in [4.69, 9.17) is 4.74 Å². The first-order chi connectivity index (χ1) is 7.48. The van der Waals surface area contributed by atoms with Gasteiger partial charge in [-0.15, -0.1) is 0 Å². The van der Waals surface area contributed by atoms with E-state index >= 15 is 0 Å². The van der Waals surface area contributed by atoms with Crippen LogP contribution in [-0.2, 0) is 16.1 Å². The highest BCUT2D eigenvalue weighted by atomic mass is 16.5. The van der Waals surface area contributed by atoms with E-state index in [0.717, 1.165) is 5.56 Å². The molecular weight excluding hydrogens is 204 g/mol. The summed E-state index contributed by atoms with van der Waals surface area (Å²) in [5, 5.41) is 0. The third kappa shape index (κ3) is 2.79. The number of carbonyl (C=O) groups excluding carboxylic acids is 1. The Balaban J connectivity index is 2.72. The largest absolute Gasteiger partial charge is 0.468 e. The number of methoxy groups -OCH3 is 1. The monoisotopic (exact) mass is 222 g/mol. The zero-order valence-electron chi connectivity index (χ0n) is 10.2. The van der Waals surface area contributed by atoms with E-state index in [1.54, 1.807) is 12.4 Å². The second-order valence-corrected chi connectivity index (χ2v) is 4.26. The van der Waals surface area contributed by atoms with Gasteiger partial charge in [0.15, 0.2) is 0 Å². The fraction of sp³-hybridized carbons (Fsp3) is 0.500. The van der Waals surface area contributed by atoms with Crippen LogP contribution < -0.4 is 0 Å². The zero-order chi connectivity index (χ0) is 12.2. The van der Waals surface area contributed by atoms with Crippen LogP contribution in [-0.4, -0.2) is 35.5 Å². The average Bonchev–Trinajstić information content (AvgIpc) is 2.29. The Bertz CT molecular complexity index is 349. The lowest BCUT2D eigenvalue weighted by Gasteiger charge is -2.32. The molecule has 0 unspecified atom stereocenters. The van der Waals surface area contributed by atoms with Crippen molar-refractivity contribution in [2.24, 2.45) is 0 Å². The van der Waals surface area contributed by atoms with Crippen LogP contribution >= 0.6 is 0 Å². The van der Waals surface area contributed by atoms with Crippen molar-refractivity contribution in [1.29, 1.82) is 0 Å². The number of likely N-dealkylation sites (N-methyl/N-ethyl adjacent to an activating group) is 1. The van der Waals surface area contributed by atoms with E-state index in [2.05, 4.69) is 4.98 Å². The molecule has 0 bridgehead atoms. The second-order valence-electron chi connectivity index (χ2n) is 4.26. The van der Waals surface area contributed by atoms with Crippen molar-refractivity contribution in [2.75, 3.05) is 14.2 Å². The topological polar surface area (TPSA) is 42.4 Å². The van der Waals surface area contributed by atoms with E-state index in [-0.39, 0.29) is 5.97 Å². The molecule has 4 heteroatoms. The Morgan fingerprint density at radius 2 is 2.00 bits per heavy atom. The van der Waals surface area contributed by atoms with Gasteiger partial charge in [0.1, 0.15) is 5.54 Å². The molecule has 1 aromatic heterocycles. The predicted molar refractivity (Wildman–Crippen MR) is 61.8 cm³/mol. The molecular formula is C12H18N2O2. The Kier molecular flexibility index (Phi) is 4.01. The van der Waals surface area contributed by atoms with Gasteiger partial charge in [-0.2, -0.15) is 0 Å². The molecule has 0 N–H and O–H groups in total. The van der Waals surface area contributed by atoms with Gasteiger partial charge in [0.25, 0.3) is 0 Å². The first-order valence-corrected chi connectivity index (χ1v) is 5.17. The summed E-state index contributed by atoms with van der Waals surface area (Å²) >= 11 is 0. The number of pyridine rings is 1. The summed E-state index contributed by atoms with van der Waals surface area (Å²) in [5.41, 5.74) is 0.493. The lowest BCUT2D eigenvalue weighted by molar-refractivity contribution is -0.152. The number of ether oxygens (including phenoxy) is 1. The first-order valence-electron chi connectivity index (χ1n) is 5.17. The van der Waals surface area contributed by atoms with Gasteiger partial charge >= 0.3 is 5.97 Å². The van der Waals surface area contributed by atoms with E-state index in [1.807, 2.05) is 37.9 Å². The SMILES string of the molecule is COC(=O)C(C)(C)N(C)Cc1ccncc1. The molecule has 0 aliphatic heterocycles. The summed E-state index contributed by atoms with van der Waals surface area (Å²) in [6, 6.07) is 3.87. The fourth-order valence-electron chi connectivity index (χ4n) is 1.37. The van der Waals surface area contributed by atoms with Crippen LogP contribution in [0.3, 0.4) is 0 Å². The minimum absolute atomic E-state index is 0.232. The molecule has 4 nitrogen and oxygen atoms in total. The number of rotatable bonds is 4. The highest BCUT2D eigenvalue weighted by Gasteiger charge is 2.33. The standard InChI is InChI=1S/C12H18N2O2/c1-12(2,11(15)16-4)14(3)9-10-5-7-13-8-6-10/h5-8H,9H2,1-4H3. The molecule has 0 atom stereocenters. The smallest absolute Gasteiger partial charge is 0.325 e. The van der Waals surface area contributed by atoms with Crippen LogP contribution in [0, 0.1) is 0 Å². The summed E-state index contributed by atoms with van der Waals surface area (Å²) in [6.45, 7) is 4.38. The molecule has 1 rings (SSSR count). The van der Waals surface area contributed by atoms with Gasteiger partial charge in [0, 0.05) is 18.9 Å². The van der Waals surface area contributed by atoms with Gasteiger partial charge in [-0.25, -0.2) is 0 Å².